The summed E-state index contributed by atoms with van der Waals surface area (Å²) in [6.45, 7) is 0. The summed E-state index contributed by atoms with van der Waals surface area (Å²) in [5.41, 5.74) is 3.42. The zero-order valence-electron chi connectivity index (χ0n) is 10.6. The molecule has 1 heterocycles. The molecule has 0 saturated carbocycles. The van der Waals surface area contributed by atoms with Gasteiger partial charge in [-0.25, -0.2) is 4.98 Å². The van der Waals surface area contributed by atoms with Crippen molar-refractivity contribution in [1.82, 2.24) is 9.97 Å². The highest BCUT2D eigenvalue weighted by Gasteiger charge is 2.17. The Balaban J connectivity index is 2.14. The van der Waals surface area contributed by atoms with Crippen LogP contribution in [0.2, 0.25) is 0 Å². The standard InChI is InChI=1S/C15H13N3O2/c19-9-17-15-16-8-12(18-15)14-11-6-2-1-4-10(11)5-3-7-13(14)20/h1-4,6-9,20H,5H2,(H2,16,17,18,19). The molecule has 0 atom stereocenters. The number of nitrogens with zero attached hydrogens (tertiary/aromatic N) is 1. The molecule has 1 aliphatic rings. The number of hydrogen-bond donors (Lipinski definition) is 3. The lowest BCUT2D eigenvalue weighted by Crippen LogP contribution is -1.98. The second kappa shape index (κ2) is 5.05. The number of carbonyl (C=O) groups is 1. The largest absolute Gasteiger partial charge is 0.507 e. The average Bonchev–Trinajstić information content (AvgIpc) is 2.82. The van der Waals surface area contributed by atoms with Gasteiger partial charge in [-0.15, -0.1) is 0 Å². The van der Waals surface area contributed by atoms with Gasteiger partial charge in [-0.05, 0) is 23.6 Å². The Morgan fingerprint density at radius 2 is 2.20 bits per heavy atom. The van der Waals surface area contributed by atoms with Gasteiger partial charge in [0.1, 0.15) is 5.76 Å². The van der Waals surface area contributed by atoms with Crippen molar-refractivity contribution in [3.05, 3.63) is 65.2 Å². The summed E-state index contributed by atoms with van der Waals surface area (Å²) in [6, 6.07) is 7.89. The fraction of sp³-hybridized carbons (Fsp3) is 0.0667. The molecule has 0 radical (unpaired) electrons. The number of allylic oxidation sites excluding steroid dienone is 2. The third kappa shape index (κ3) is 2.09. The van der Waals surface area contributed by atoms with E-state index in [2.05, 4.69) is 15.3 Å². The van der Waals surface area contributed by atoms with Gasteiger partial charge in [0, 0.05) is 5.57 Å². The number of aliphatic hydroxyl groups excluding tert-OH is 1. The zero-order valence-corrected chi connectivity index (χ0v) is 10.6. The lowest BCUT2D eigenvalue weighted by Gasteiger charge is -2.10. The summed E-state index contributed by atoms with van der Waals surface area (Å²) in [6.07, 6.45) is 6.51. The minimum Gasteiger partial charge on any atom is -0.507 e. The van der Waals surface area contributed by atoms with Crippen molar-refractivity contribution in [2.75, 3.05) is 5.32 Å². The Morgan fingerprint density at radius 3 is 3.05 bits per heavy atom. The zero-order chi connectivity index (χ0) is 13.9. The van der Waals surface area contributed by atoms with Crippen LogP contribution in [0.3, 0.4) is 0 Å². The molecular weight excluding hydrogens is 254 g/mol. The Labute approximate surface area is 115 Å². The second-order valence-electron chi connectivity index (χ2n) is 4.43. The van der Waals surface area contributed by atoms with Gasteiger partial charge in [0.15, 0.2) is 0 Å². The maximum Gasteiger partial charge on any atom is 0.213 e. The summed E-state index contributed by atoms with van der Waals surface area (Å²) >= 11 is 0. The van der Waals surface area contributed by atoms with Gasteiger partial charge in [-0.2, -0.15) is 0 Å². The highest BCUT2D eigenvalue weighted by Crippen LogP contribution is 2.31. The molecule has 1 amide bonds. The molecule has 3 rings (SSSR count). The van der Waals surface area contributed by atoms with Gasteiger partial charge in [0.05, 0.1) is 11.9 Å². The van der Waals surface area contributed by atoms with Crippen molar-refractivity contribution in [2.24, 2.45) is 0 Å². The molecule has 0 saturated heterocycles. The molecule has 0 bridgehead atoms. The maximum atomic E-state index is 10.4. The number of rotatable bonds is 3. The number of imidazole rings is 1. The van der Waals surface area contributed by atoms with Crippen LogP contribution in [-0.4, -0.2) is 21.5 Å². The highest BCUT2D eigenvalue weighted by atomic mass is 16.3. The van der Waals surface area contributed by atoms with Crippen molar-refractivity contribution in [1.29, 1.82) is 0 Å². The van der Waals surface area contributed by atoms with E-state index in [1.165, 1.54) is 0 Å². The van der Waals surface area contributed by atoms with E-state index in [9.17, 15) is 9.90 Å². The third-order valence-corrected chi connectivity index (χ3v) is 3.20. The number of aromatic nitrogens is 2. The van der Waals surface area contributed by atoms with Gasteiger partial charge in [-0.1, -0.05) is 30.3 Å². The number of H-pyrrole nitrogens is 1. The molecule has 5 heteroatoms. The number of carbonyl (C=O) groups excluding carboxylic acids is 1. The van der Waals surface area contributed by atoms with Crippen molar-refractivity contribution in [3.63, 3.8) is 0 Å². The van der Waals surface area contributed by atoms with Crippen molar-refractivity contribution in [2.45, 2.75) is 6.42 Å². The maximum absolute atomic E-state index is 10.4. The summed E-state index contributed by atoms with van der Waals surface area (Å²) in [4.78, 5) is 17.5. The van der Waals surface area contributed by atoms with E-state index < -0.39 is 0 Å². The second-order valence-corrected chi connectivity index (χ2v) is 4.43. The highest BCUT2D eigenvalue weighted by molar-refractivity contribution is 5.83. The van der Waals surface area contributed by atoms with Crippen LogP contribution in [0.5, 0.6) is 0 Å². The quantitative estimate of drug-likeness (QED) is 0.747. The molecule has 1 aliphatic carbocycles. The first-order valence-electron chi connectivity index (χ1n) is 6.23. The number of benzene rings is 1. The monoisotopic (exact) mass is 267 g/mol. The molecule has 2 aromatic rings. The molecular formula is C15H13N3O2. The number of hydrogen-bond acceptors (Lipinski definition) is 3. The van der Waals surface area contributed by atoms with E-state index in [-0.39, 0.29) is 5.76 Å². The molecule has 5 nitrogen and oxygen atoms in total. The number of anilines is 1. The number of aromatic amines is 1. The summed E-state index contributed by atoms with van der Waals surface area (Å²) in [7, 11) is 0. The Kier molecular flexibility index (Phi) is 3.09. The molecule has 0 spiro atoms. The van der Waals surface area contributed by atoms with E-state index >= 15 is 0 Å². The SMILES string of the molecule is O=CNc1ncc(C2=C(O)C=CCc3ccccc32)[nH]1. The third-order valence-electron chi connectivity index (χ3n) is 3.20. The number of aliphatic hydroxyl groups is 1. The predicted octanol–water partition coefficient (Wildman–Crippen LogP) is 2.41. The summed E-state index contributed by atoms with van der Waals surface area (Å²) in [5.74, 6) is 0.525. The van der Waals surface area contributed by atoms with Crippen LogP contribution in [0.15, 0.2) is 48.4 Å². The van der Waals surface area contributed by atoms with Crippen LogP contribution >= 0.6 is 0 Å². The van der Waals surface area contributed by atoms with Gasteiger partial charge in [0.25, 0.3) is 0 Å². The average molecular weight is 267 g/mol. The van der Waals surface area contributed by atoms with Crippen LogP contribution in [0.1, 0.15) is 16.8 Å². The minimum absolute atomic E-state index is 0.177. The fourth-order valence-corrected chi connectivity index (χ4v) is 2.32. The Hall–Kier alpha value is -2.82. The normalized spacial score (nSPS) is 13.8. The van der Waals surface area contributed by atoms with E-state index in [0.717, 1.165) is 17.5 Å². The first-order valence-corrected chi connectivity index (χ1v) is 6.23. The van der Waals surface area contributed by atoms with Crippen LogP contribution in [0.25, 0.3) is 5.57 Å². The lowest BCUT2D eigenvalue weighted by atomic mass is 9.97. The Morgan fingerprint density at radius 1 is 1.35 bits per heavy atom. The van der Waals surface area contributed by atoms with Crippen LogP contribution in [0, 0.1) is 0 Å². The van der Waals surface area contributed by atoms with Gasteiger partial charge in [-0.3, -0.25) is 10.1 Å². The molecule has 0 unspecified atom stereocenters. The molecule has 20 heavy (non-hydrogen) atoms. The van der Waals surface area contributed by atoms with Crippen molar-refractivity contribution >= 4 is 17.9 Å². The van der Waals surface area contributed by atoms with E-state index in [0.29, 0.717) is 23.6 Å². The Bertz CT molecular complexity index is 713. The number of fused-ring (bicyclic) bond motifs is 1. The molecule has 3 N–H and O–H groups in total. The van der Waals surface area contributed by atoms with Crippen LogP contribution < -0.4 is 5.32 Å². The summed E-state index contributed by atoms with van der Waals surface area (Å²) < 4.78 is 0. The summed E-state index contributed by atoms with van der Waals surface area (Å²) in [5, 5.41) is 12.7. The molecule has 1 aromatic heterocycles. The van der Waals surface area contributed by atoms with E-state index in [4.69, 9.17) is 0 Å². The van der Waals surface area contributed by atoms with Gasteiger partial charge in [0.2, 0.25) is 12.4 Å². The first kappa shape index (κ1) is 12.2. The molecule has 0 fully saturated rings. The van der Waals surface area contributed by atoms with Gasteiger partial charge >= 0.3 is 0 Å². The van der Waals surface area contributed by atoms with Gasteiger partial charge < -0.3 is 10.1 Å². The van der Waals surface area contributed by atoms with E-state index in [1.54, 1.807) is 12.3 Å². The van der Waals surface area contributed by atoms with Crippen LogP contribution in [0.4, 0.5) is 5.95 Å². The van der Waals surface area contributed by atoms with Crippen molar-refractivity contribution < 1.29 is 9.90 Å². The molecule has 100 valence electrons. The van der Waals surface area contributed by atoms with Crippen molar-refractivity contribution in [3.8, 4) is 0 Å². The van der Waals surface area contributed by atoms with Crippen LogP contribution in [-0.2, 0) is 11.2 Å². The molecule has 0 aliphatic heterocycles. The fourth-order valence-electron chi connectivity index (χ4n) is 2.32. The topological polar surface area (TPSA) is 78.0 Å². The lowest BCUT2D eigenvalue weighted by molar-refractivity contribution is -0.105. The first-order chi connectivity index (χ1) is 9.79. The molecule has 1 aromatic carbocycles. The van der Waals surface area contributed by atoms with E-state index in [1.807, 2.05) is 30.3 Å². The predicted molar refractivity (Wildman–Crippen MR) is 76.2 cm³/mol. The number of nitrogens with one attached hydrogen (secondary N) is 2. The smallest absolute Gasteiger partial charge is 0.213 e. The minimum atomic E-state index is 0.177. The number of amides is 1.